The van der Waals surface area contributed by atoms with Gasteiger partial charge in [0.25, 0.3) is 0 Å². The van der Waals surface area contributed by atoms with E-state index in [-0.39, 0.29) is 0 Å². The molecular formula is C18H32N2. The van der Waals surface area contributed by atoms with E-state index >= 15 is 0 Å². The van der Waals surface area contributed by atoms with Gasteiger partial charge in [-0.05, 0) is 43.5 Å². The van der Waals surface area contributed by atoms with Gasteiger partial charge >= 0.3 is 0 Å². The average Bonchev–Trinajstić information content (AvgIpc) is 2.47. The van der Waals surface area contributed by atoms with Crippen molar-refractivity contribution < 1.29 is 0 Å². The Balaban J connectivity index is 2.42. The molecule has 0 saturated heterocycles. The summed E-state index contributed by atoms with van der Waals surface area (Å²) in [4.78, 5) is 4.21. The van der Waals surface area contributed by atoms with Crippen molar-refractivity contribution in [2.75, 3.05) is 6.54 Å². The van der Waals surface area contributed by atoms with Gasteiger partial charge in [0.2, 0.25) is 0 Å². The first-order chi connectivity index (χ1) is 9.79. The van der Waals surface area contributed by atoms with E-state index in [9.17, 15) is 0 Å². The van der Waals surface area contributed by atoms with Crippen molar-refractivity contribution in [2.24, 2.45) is 0 Å². The minimum atomic E-state index is 0.504. The van der Waals surface area contributed by atoms with Crippen LogP contribution in [0.25, 0.3) is 0 Å². The zero-order valence-corrected chi connectivity index (χ0v) is 13.6. The maximum absolute atomic E-state index is 4.21. The second-order valence-electron chi connectivity index (χ2n) is 5.80. The van der Waals surface area contributed by atoms with Crippen molar-refractivity contribution in [2.45, 2.75) is 78.2 Å². The van der Waals surface area contributed by atoms with Gasteiger partial charge in [0.1, 0.15) is 0 Å². The number of hydrogen-bond acceptors (Lipinski definition) is 2. The minimum Gasteiger partial charge on any atom is -0.310 e. The molecule has 0 amide bonds. The fraction of sp³-hybridized carbons (Fsp3) is 0.722. The molecule has 0 saturated carbocycles. The maximum atomic E-state index is 4.21. The monoisotopic (exact) mass is 276 g/mol. The molecule has 1 rings (SSSR count). The van der Waals surface area contributed by atoms with Crippen molar-refractivity contribution in [1.29, 1.82) is 0 Å². The highest BCUT2D eigenvalue weighted by Gasteiger charge is 2.12. The molecule has 0 radical (unpaired) electrons. The topological polar surface area (TPSA) is 24.9 Å². The second kappa shape index (κ2) is 10.8. The highest BCUT2D eigenvalue weighted by atomic mass is 14.9. The summed E-state index contributed by atoms with van der Waals surface area (Å²) in [6.07, 6.45) is 14.6. The summed E-state index contributed by atoms with van der Waals surface area (Å²) in [5, 5.41) is 3.70. The Morgan fingerprint density at radius 1 is 1.05 bits per heavy atom. The third-order valence-corrected chi connectivity index (χ3v) is 3.93. The van der Waals surface area contributed by atoms with Gasteiger partial charge in [0.15, 0.2) is 0 Å². The van der Waals surface area contributed by atoms with Gasteiger partial charge in [0.05, 0.1) is 0 Å². The van der Waals surface area contributed by atoms with Crippen LogP contribution >= 0.6 is 0 Å². The first-order valence-corrected chi connectivity index (χ1v) is 8.43. The Kier molecular flexibility index (Phi) is 9.31. The number of unbranched alkanes of at least 4 members (excludes halogenated alkanes) is 5. The van der Waals surface area contributed by atoms with Crippen LogP contribution in [0.5, 0.6) is 0 Å². The molecule has 1 aromatic heterocycles. The average molecular weight is 276 g/mol. The zero-order valence-electron chi connectivity index (χ0n) is 13.6. The summed E-state index contributed by atoms with van der Waals surface area (Å²) in [7, 11) is 0. The highest BCUT2D eigenvalue weighted by molar-refractivity contribution is 5.25. The van der Waals surface area contributed by atoms with Crippen molar-refractivity contribution in [3.05, 3.63) is 29.6 Å². The lowest BCUT2D eigenvalue weighted by molar-refractivity contribution is 0.465. The van der Waals surface area contributed by atoms with Gasteiger partial charge in [-0.3, -0.25) is 4.98 Å². The van der Waals surface area contributed by atoms with E-state index in [0.29, 0.717) is 6.04 Å². The fourth-order valence-corrected chi connectivity index (χ4v) is 2.69. The van der Waals surface area contributed by atoms with Crippen LogP contribution in [0.3, 0.4) is 0 Å². The van der Waals surface area contributed by atoms with Crippen molar-refractivity contribution in [3.63, 3.8) is 0 Å². The van der Waals surface area contributed by atoms with Gasteiger partial charge in [-0.2, -0.15) is 0 Å². The summed E-state index contributed by atoms with van der Waals surface area (Å²) in [5.74, 6) is 0. The molecule has 2 nitrogen and oxygen atoms in total. The summed E-state index contributed by atoms with van der Waals surface area (Å²) >= 11 is 0. The Morgan fingerprint density at radius 3 is 2.50 bits per heavy atom. The van der Waals surface area contributed by atoms with Gasteiger partial charge in [0, 0.05) is 18.4 Å². The third-order valence-electron chi connectivity index (χ3n) is 3.93. The van der Waals surface area contributed by atoms with Crippen LogP contribution in [0.2, 0.25) is 0 Å². The standard InChI is InChI=1S/C18H32N2/c1-4-6-7-8-9-10-11-18(20-13-5-2)17-12-14-19-15-16(17)3/h12,14-15,18,20H,4-11,13H2,1-3H3. The normalized spacial score (nSPS) is 12.6. The fourth-order valence-electron chi connectivity index (χ4n) is 2.69. The number of aromatic nitrogens is 1. The molecule has 0 fully saturated rings. The smallest absolute Gasteiger partial charge is 0.0323 e. The first-order valence-electron chi connectivity index (χ1n) is 8.43. The van der Waals surface area contributed by atoms with Gasteiger partial charge < -0.3 is 5.32 Å². The van der Waals surface area contributed by atoms with Crippen LogP contribution in [-0.2, 0) is 0 Å². The van der Waals surface area contributed by atoms with Gasteiger partial charge in [-0.1, -0.05) is 52.4 Å². The van der Waals surface area contributed by atoms with Crippen LogP contribution in [-0.4, -0.2) is 11.5 Å². The molecule has 0 aromatic carbocycles. The van der Waals surface area contributed by atoms with Crippen LogP contribution < -0.4 is 5.32 Å². The predicted molar refractivity (Wildman–Crippen MR) is 88.0 cm³/mol. The third kappa shape index (κ3) is 6.51. The Hall–Kier alpha value is -0.890. The molecule has 0 bridgehead atoms. The Labute approximate surface area is 125 Å². The van der Waals surface area contributed by atoms with E-state index in [2.05, 4.69) is 37.1 Å². The molecular weight excluding hydrogens is 244 g/mol. The quantitative estimate of drug-likeness (QED) is 0.563. The van der Waals surface area contributed by atoms with E-state index in [0.717, 1.165) is 6.54 Å². The molecule has 114 valence electrons. The number of rotatable bonds is 11. The van der Waals surface area contributed by atoms with Crippen LogP contribution in [0.15, 0.2) is 18.5 Å². The van der Waals surface area contributed by atoms with Crippen LogP contribution in [0, 0.1) is 6.92 Å². The number of aryl methyl sites for hydroxylation is 1. The van der Waals surface area contributed by atoms with E-state index in [4.69, 9.17) is 0 Å². The summed E-state index contributed by atoms with van der Waals surface area (Å²) in [6, 6.07) is 2.68. The van der Waals surface area contributed by atoms with E-state index < -0.39 is 0 Å². The van der Waals surface area contributed by atoms with E-state index in [1.807, 2.05) is 12.4 Å². The molecule has 1 N–H and O–H groups in total. The second-order valence-corrected chi connectivity index (χ2v) is 5.80. The largest absolute Gasteiger partial charge is 0.310 e. The van der Waals surface area contributed by atoms with Crippen LogP contribution in [0.4, 0.5) is 0 Å². The minimum absolute atomic E-state index is 0.504. The predicted octanol–water partition coefficient (Wildman–Crippen LogP) is 5.18. The molecule has 2 heteroatoms. The molecule has 0 aliphatic heterocycles. The number of pyridine rings is 1. The lowest BCUT2D eigenvalue weighted by Crippen LogP contribution is -2.23. The SMILES string of the molecule is CCCCCCCCC(NCCC)c1ccncc1C. The number of hydrogen-bond donors (Lipinski definition) is 1. The maximum Gasteiger partial charge on any atom is 0.0323 e. The van der Waals surface area contributed by atoms with Gasteiger partial charge in [-0.15, -0.1) is 0 Å². The van der Waals surface area contributed by atoms with E-state index in [1.54, 1.807) is 0 Å². The zero-order chi connectivity index (χ0) is 14.6. The van der Waals surface area contributed by atoms with Crippen molar-refractivity contribution >= 4 is 0 Å². The summed E-state index contributed by atoms with van der Waals surface area (Å²) in [6.45, 7) is 7.78. The Bertz CT molecular complexity index is 349. The number of nitrogens with zero attached hydrogens (tertiary/aromatic N) is 1. The molecule has 0 aliphatic rings. The lowest BCUT2D eigenvalue weighted by Gasteiger charge is -2.20. The Morgan fingerprint density at radius 2 is 1.80 bits per heavy atom. The van der Waals surface area contributed by atoms with Crippen molar-refractivity contribution in [1.82, 2.24) is 10.3 Å². The molecule has 20 heavy (non-hydrogen) atoms. The van der Waals surface area contributed by atoms with E-state index in [1.165, 1.54) is 62.5 Å². The first kappa shape index (κ1) is 17.2. The summed E-state index contributed by atoms with van der Waals surface area (Å²) < 4.78 is 0. The molecule has 1 unspecified atom stereocenters. The molecule has 0 aliphatic carbocycles. The van der Waals surface area contributed by atoms with Crippen molar-refractivity contribution in [3.8, 4) is 0 Å². The van der Waals surface area contributed by atoms with Gasteiger partial charge in [-0.25, -0.2) is 0 Å². The molecule has 1 atom stereocenters. The number of nitrogens with one attached hydrogen (secondary N) is 1. The summed E-state index contributed by atoms with van der Waals surface area (Å²) in [5.41, 5.74) is 2.74. The lowest BCUT2D eigenvalue weighted by atomic mass is 9.97. The highest BCUT2D eigenvalue weighted by Crippen LogP contribution is 2.22. The molecule has 1 aromatic rings. The molecule has 1 heterocycles. The molecule has 0 spiro atoms. The van der Waals surface area contributed by atoms with Crippen LogP contribution in [0.1, 0.15) is 82.4 Å².